The molecule has 0 unspecified atom stereocenters. The van der Waals surface area contributed by atoms with Gasteiger partial charge in [-0.05, 0) is 69.5 Å². The summed E-state index contributed by atoms with van der Waals surface area (Å²) in [4.78, 5) is 36.9. The number of carbonyl (C=O) groups excluding carboxylic acids is 2. The van der Waals surface area contributed by atoms with Crippen LogP contribution < -0.4 is 10.6 Å². The highest BCUT2D eigenvalue weighted by Gasteiger charge is 2.29. The van der Waals surface area contributed by atoms with Crippen LogP contribution >= 0.6 is 22.6 Å². The molecule has 2 amide bonds. The van der Waals surface area contributed by atoms with E-state index in [-0.39, 0.29) is 18.1 Å². The first-order chi connectivity index (χ1) is 16.9. The number of hydrogen-bond acceptors (Lipinski definition) is 4. The molecule has 3 aromatic carbocycles. The number of carboxylic acid groups (broad SMARTS) is 1. The quantitative estimate of drug-likeness (QED) is 0.298. The van der Waals surface area contributed by atoms with Crippen molar-refractivity contribution in [1.29, 1.82) is 0 Å². The van der Waals surface area contributed by atoms with Crippen LogP contribution in [0.25, 0.3) is 11.1 Å². The Morgan fingerprint density at radius 2 is 1.63 bits per heavy atom. The van der Waals surface area contributed by atoms with E-state index in [4.69, 9.17) is 4.74 Å². The van der Waals surface area contributed by atoms with Crippen LogP contribution in [-0.2, 0) is 9.53 Å². The lowest BCUT2D eigenvalue weighted by Gasteiger charge is -2.20. The number of amides is 2. The van der Waals surface area contributed by atoms with E-state index < -0.39 is 24.0 Å². The fourth-order valence-electron chi connectivity index (χ4n) is 4.31. The first kappa shape index (κ1) is 24.7. The molecule has 0 radical (unpaired) electrons. The van der Waals surface area contributed by atoms with E-state index in [1.807, 2.05) is 65.9 Å². The number of ether oxygens (including phenoxy) is 1. The van der Waals surface area contributed by atoms with Gasteiger partial charge in [-0.3, -0.25) is 4.79 Å². The van der Waals surface area contributed by atoms with E-state index in [2.05, 4.69) is 22.8 Å². The number of aromatic carboxylic acids is 1. The molecule has 4 rings (SSSR count). The zero-order valence-corrected chi connectivity index (χ0v) is 21.2. The summed E-state index contributed by atoms with van der Waals surface area (Å²) in [6.45, 7) is 2.06. The van der Waals surface area contributed by atoms with Gasteiger partial charge < -0.3 is 20.5 Å². The molecule has 7 nitrogen and oxygen atoms in total. The standard InChI is InChI=1S/C27H25IN2O5/c1-2-7-23(25(31)29-24-14-16(26(32)33)12-13-22(24)28)30-27(34)35-15-21-19-10-5-3-8-17(19)18-9-4-6-11-20(18)21/h3-6,8-14,21,23H,2,7,15H2,1H3,(H,29,31)(H,30,34)(H,32,33)/t23-/m1/s1. The van der Waals surface area contributed by atoms with Crippen molar-refractivity contribution < 1.29 is 24.2 Å². The zero-order valence-electron chi connectivity index (χ0n) is 19.1. The number of fused-ring (bicyclic) bond motifs is 3. The summed E-state index contributed by atoms with van der Waals surface area (Å²) in [5, 5.41) is 14.6. The first-order valence-corrected chi connectivity index (χ1v) is 12.4. The maximum Gasteiger partial charge on any atom is 0.407 e. The molecule has 0 saturated carbocycles. The minimum absolute atomic E-state index is 0.0669. The molecule has 0 aromatic heterocycles. The van der Waals surface area contributed by atoms with Crippen molar-refractivity contribution in [2.45, 2.75) is 31.7 Å². The number of carboxylic acids is 1. The van der Waals surface area contributed by atoms with E-state index in [0.717, 1.165) is 22.3 Å². The Bertz CT molecular complexity index is 1230. The molecule has 1 aliphatic carbocycles. The van der Waals surface area contributed by atoms with Crippen molar-refractivity contribution in [1.82, 2.24) is 5.32 Å². The Labute approximate surface area is 217 Å². The molecule has 0 saturated heterocycles. The van der Waals surface area contributed by atoms with Crippen LogP contribution in [0.15, 0.2) is 66.7 Å². The third-order valence-electron chi connectivity index (χ3n) is 6.00. The summed E-state index contributed by atoms with van der Waals surface area (Å²) in [6, 6.07) is 19.8. The van der Waals surface area contributed by atoms with Crippen LogP contribution in [0.3, 0.4) is 0 Å². The second-order valence-corrected chi connectivity index (χ2v) is 9.46. The molecule has 1 aliphatic rings. The Morgan fingerprint density at radius 3 is 2.23 bits per heavy atom. The summed E-state index contributed by atoms with van der Waals surface area (Å²) < 4.78 is 6.27. The van der Waals surface area contributed by atoms with Crippen LogP contribution in [0.5, 0.6) is 0 Å². The van der Waals surface area contributed by atoms with Gasteiger partial charge in [0.25, 0.3) is 0 Å². The highest BCUT2D eigenvalue weighted by Crippen LogP contribution is 2.44. The van der Waals surface area contributed by atoms with Crippen molar-refractivity contribution in [2.24, 2.45) is 0 Å². The number of halogens is 1. The van der Waals surface area contributed by atoms with Crippen molar-refractivity contribution in [3.63, 3.8) is 0 Å². The van der Waals surface area contributed by atoms with Gasteiger partial charge in [-0.15, -0.1) is 0 Å². The number of rotatable bonds is 8. The predicted molar refractivity (Wildman–Crippen MR) is 142 cm³/mol. The minimum Gasteiger partial charge on any atom is -0.478 e. The van der Waals surface area contributed by atoms with Crippen LogP contribution in [0.1, 0.15) is 47.2 Å². The first-order valence-electron chi connectivity index (χ1n) is 11.3. The van der Waals surface area contributed by atoms with E-state index in [9.17, 15) is 19.5 Å². The molecular weight excluding hydrogens is 559 g/mol. The largest absolute Gasteiger partial charge is 0.478 e. The normalized spacial score (nSPS) is 12.9. The summed E-state index contributed by atoms with van der Waals surface area (Å²) in [5.74, 6) is -1.59. The van der Waals surface area contributed by atoms with Gasteiger partial charge in [0, 0.05) is 9.49 Å². The van der Waals surface area contributed by atoms with Crippen molar-refractivity contribution in [2.75, 3.05) is 11.9 Å². The van der Waals surface area contributed by atoms with Crippen molar-refractivity contribution in [3.8, 4) is 11.1 Å². The van der Waals surface area contributed by atoms with Gasteiger partial charge in [-0.1, -0.05) is 61.9 Å². The fourth-order valence-corrected chi connectivity index (χ4v) is 4.78. The number of hydrogen-bond donors (Lipinski definition) is 3. The van der Waals surface area contributed by atoms with Crippen LogP contribution in [0.4, 0.5) is 10.5 Å². The third-order valence-corrected chi connectivity index (χ3v) is 6.94. The fraction of sp³-hybridized carbons (Fsp3) is 0.222. The number of anilines is 1. The molecule has 180 valence electrons. The molecule has 35 heavy (non-hydrogen) atoms. The molecule has 3 N–H and O–H groups in total. The van der Waals surface area contributed by atoms with Gasteiger partial charge in [0.15, 0.2) is 0 Å². The molecule has 1 atom stereocenters. The van der Waals surface area contributed by atoms with Gasteiger partial charge in [0.1, 0.15) is 12.6 Å². The number of alkyl carbamates (subject to hydrolysis) is 1. The Balaban J connectivity index is 1.42. The summed E-state index contributed by atoms with van der Waals surface area (Å²) in [5.41, 5.74) is 4.94. The lowest BCUT2D eigenvalue weighted by Crippen LogP contribution is -2.44. The lowest BCUT2D eigenvalue weighted by molar-refractivity contribution is -0.118. The van der Waals surface area contributed by atoms with Gasteiger partial charge in [0.05, 0.1) is 11.3 Å². The molecule has 3 aromatic rings. The minimum atomic E-state index is -1.08. The summed E-state index contributed by atoms with van der Waals surface area (Å²) >= 11 is 2.02. The molecule has 8 heteroatoms. The van der Waals surface area contributed by atoms with E-state index in [1.165, 1.54) is 12.1 Å². The highest BCUT2D eigenvalue weighted by atomic mass is 127. The Morgan fingerprint density at radius 1 is 1.00 bits per heavy atom. The van der Waals surface area contributed by atoms with Crippen molar-refractivity contribution >= 4 is 46.2 Å². The highest BCUT2D eigenvalue weighted by molar-refractivity contribution is 14.1. The average Bonchev–Trinajstić information content (AvgIpc) is 3.17. The SMILES string of the molecule is CCC[C@@H](NC(=O)OCC1c2ccccc2-c2ccccc21)C(=O)Nc1cc(C(=O)O)ccc1I. The second-order valence-electron chi connectivity index (χ2n) is 8.30. The summed E-state index contributed by atoms with van der Waals surface area (Å²) in [6.07, 6.45) is 0.397. The summed E-state index contributed by atoms with van der Waals surface area (Å²) in [7, 11) is 0. The molecule has 0 aliphatic heterocycles. The molecule has 0 spiro atoms. The Kier molecular flexibility index (Phi) is 7.70. The lowest BCUT2D eigenvalue weighted by atomic mass is 9.98. The van der Waals surface area contributed by atoms with Crippen molar-refractivity contribution in [3.05, 3.63) is 87.0 Å². The monoisotopic (exact) mass is 584 g/mol. The Hall–Kier alpha value is -3.40. The molecule has 0 fully saturated rings. The van der Waals surface area contributed by atoms with Gasteiger partial charge in [0.2, 0.25) is 5.91 Å². The maximum absolute atomic E-state index is 12.9. The van der Waals surface area contributed by atoms with Gasteiger partial charge in [-0.2, -0.15) is 0 Å². The maximum atomic E-state index is 12.9. The van der Waals surface area contributed by atoms with E-state index in [0.29, 0.717) is 22.1 Å². The van der Waals surface area contributed by atoms with Crippen LogP contribution in [0, 0.1) is 3.57 Å². The van der Waals surface area contributed by atoms with Crippen LogP contribution in [0.2, 0.25) is 0 Å². The molecule has 0 bridgehead atoms. The van der Waals surface area contributed by atoms with E-state index in [1.54, 1.807) is 6.07 Å². The third kappa shape index (κ3) is 5.48. The number of benzene rings is 3. The van der Waals surface area contributed by atoms with E-state index >= 15 is 0 Å². The smallest absolute Gasteiger partial charge is 0.407 e. The average molecular weight is 584 g/mol. The number of carbonyl (C=O) groups is 3. The van der Waals surface area contributed by atoms with Gasteiger partial charge in [-0.25, -0.2) is 9.59 Å². The topological polar surface area (TPSA) is 105 Å². The second kappa shape index (κ2) is 10.9. The van der Waals surface area contributed by atoms with Crippen LogP contribution in [-0.4, -0.2) is 35.7 Å². The van der Waals surface area contributed by atoms with Gasteiger partial charge >= 0.3 is 12.1 Å². The molecule has 0 heterocycles. The number of nitrogens with one attached hydrogen (secondary N) is 2. The molecular formula is C27H25IN2O5. The predicted octanol–water partition coefficient (Wildman–Crippen LogP) is 5.64. The zero-order chi connectivity index (χ0) is 24.9.